The summed E-state index contributed by atoms with van der Waals surface area (Å²) in [5, 5.41) is 9.15. The maximum Gasteiger partial charge on any atom is 0.136 e. The number of benzene rings is 1. The number of anilines is 1. The first-order valence-electron chi connectivity index (χ1n) is 6.91. The monoisotopic (exact) mass is 289 g/mol. The zero-order valence-corrected chi connectivity index (χ0v) is 12.4. The molecule has 0 aliphatic carbocycles. The molecule has 0 saturated carbocycles. The molecule has 4 heteroatoms. The van der Waals surface area contributed by atoms with Crippen LogP contribution in [0, 0.1) is 11.3 Å². The van der Waals surface area contributed by atoms with Crippen LogP contribution in [-0.2, 0) is 0 Å². The molecule has 0 fully saturated rings. The van der Waals surface area contributed by atoms with Gasteiger partial charge in [-0.2, -0.15) is 5.26 Å². The van der Waals surface area contributed by atoms with Crippen molar-refractivity contribution in [3.8, 4) is 28.7 Å². The molecule has 0 spiro atoms. The Kier molecular flexibility index (Phi) is 3.63. The number of hydrogen-bond acceptors (Lipinski definition) is 4. The Morgan fingerprint density at radius 1 is 1.00 bits per heavy atom. The zero-order chi connectivity index (χ0) is 15.5. The summed E-state index contributed by atoms with van der Waals surface area (Å²) in [6, 6.07) is 15.9. The highest BCUT2D eigenvalue weighted by Gasteiger charge is 2.10. The van der Waals surface area contributed by atoms with Crippen molar-refractivity contribution in [2.75, 3.05) is 19.0 Å². The summed E-state index contributed by atoms with van der Waals surface area (Å²) in [7, 11) is 4.01. The molecule has 1 aromatic carbocycles. The van der Waals surface area contributed by atoms with Gasteiger partial charge in [0, 0.05) is 43.3 Å². The number of aromatic nitrogens is 1. The topological polar surface area (TPSA) is 53.1 Å². The van der Waals surface area contributed by atoms with E-state index < -0.39 is 0 Å². The minimum Gasteiger partial charge on any atom is -0.456 e. The van der Waals surface area contributed by atoms with Crippen molar-refractivity contribution >= 4 is 5.69 Å². The van der Waals surface area contributed by atoms with Gasteiger partial charge in [0.25, 0.3) is 0 Å². The zero-order valence-electron chi connectivity index (χ0n) is 12.4. The highest BCUT2D eigenvalue weighted by atomic mass is 16.3. The third kappa shape index (κ3) is 2.57. The summed E-state index contributed by atoms with van der Waals surface area (Å²) in [6.45, 7) is 0. The highest BCUT2D eigenvalue weighted by molar-refractivity contribution is 5.69. The van der Waals surface area contributed by atoms with Crippen LogP contribution in [0.3, 0.4) is 0 Å². The van der Waals surface area contributed by atoms with E-state index in [1.165, 1.54) is 0 Å². The van der Waals surface area contributed by atoms with E-state index in [4.69, 9.17) is 9.68 Å². The van der Waals surface area contributed by atoms with Crippen molar-refractivity contribution in [3.05, 3.63) is 60.4 Å². The van der Waals surface area contributed by atoms with E-state index in [-0.39, 0.29) is 0 Å². The fraction of sp³-hybridized carbons (Fsp3) is 0.111. The molecule has 3 rings (SSSR count). The van der Waals surface area contributed by atoms with Crippen LogP contribution >= 0.6 is 0 Å². The van der Waals surface area contributed by atoms with Gasteiger partial charge >= 0.3 is 0 Å². The van der Waals surface area contributed by atoms with Crippen LogP contribution in [0.15, 0.2) is 59.3 Å². The predicted molar refractivity (Wildman–Crippen MR) is 86.4 cm³/mol. The smallest absolute Gasteiger partial charge is 0.136 e. The maximum atomic E-state index is 9.15. The van der Waals surface area contributed by atoms with Gasteiger partial charge < -0.3 is 9.32 Å². The molecule has 22 heavy (non-hydrogen) atoms. The number of nitrogens with zero attached hydrogens (tertiary/aromatic N) is 3. The van der Waals surface area contributed by atoms with Gasteiger partial charge in [0.05, 0.1) is 5.56 Å². The molecule has 0 unspecified atom stereocenters. The molecule has 0 atom stereocenters. The molecule has 0 aliphatic rings. The quantitative estimate of drug-likeness (QED) is 0.732. The summed E-state index contributed by atoms with van der Waals surface area (Å²) in [4.78, 5) is 6.01. The number of nitriles is 1. The van der Waals surface area contributed by atoms with E-state index in [0.717, 1.165) is 22.6 Å². The second kappa shape index (κ2) is 5.74. The summed E-state index contributed by atoms with van der Waals surface area (Å²) in [6.07, 6.45) is 3.20. The van der Waals surface area contributed by atoms with Crippen LogP contribution in [0.1, 0.15) is 5.56 Å². The Labute approximate surface area is 129 Å². The van der Waals surface area contributed by atoms with E-state index >= 15 is 0 Å². The number of pyridine rings is 1. The first-order valence-corrected chi connectivity index (χ1v) is 6.91. The molecule has 2 aromatic heterocycles. The van der Waals surface area contributed by atoms with E-state index in [1.807, 2.05) is 55.4 Å². The lowest BCUT2D eigenvalue weighted by molar-refractivity contribution is 0.597. The SMILES string of the molecule is CN(C)c1ccc(-c2ccc(-c3ccncc3C#N)o2)cc1. The lowest BCUT2D eigenvalue weighted by Gasteiger charge is -2.12. The summed E-state index contributed by atoms with van der Waals surface area (Å²) in [5.74, 6) is 1.45. The lowest BCUT2D eigenvalue weighted by Crippen LogP contribution is -2.07. The number of furan rings is 1. The molecule has 0 radical (unpaired) electrons. The van der Waals surface area contributed by atoms with Crippen LogP contribution in [0.5, 0.6) is 0 Å². The van der Waals surface area contributed by atoms with Crippen LogP contribution in [0.2, 0.25) is 0 Å². The van der Waals surface area contributed by atoms with Gasteiger partial charge in [0.1, 0.15) is 17.6 Å². The molecular formula is C18H15N3O. The summed E-state index contributed by atoms with van der Waals surface area (Å²) < 4.78 is 5.91. The molecule has 0 bridgehead atoms. The molecule has 3 aromatic rings. The Hall–Kier alpha value is -3.06. The van der Waals surface area contributed by atoms with Crippen LogP contribution < -0.4 is 4.90 Å². The first kappa shape index (κ1) is 13.9. The molecule has 108 valence electrons. The Morgan fingerprint density at radius 2 is 1.73 bits per heavy atom. The minimum atomic E-state index is 0.506. The van der Waals surface area contributed by atoms with Crippen molar-refractivity contribution in [2.24, 2.45) is 0 Å². The average Bonchev–Trinajstić information content (AvgIpc) is 3.04. The molecule has 0 N–H and O–H groups in total. The normalized spacial score (nSPS) is 10.2. The van der Waals surface area contributed by atoms with Gasteiger partial charge in [-0.3, -0.25) is 4.98 Å². The van der Waals surface area contributed by atoms with Crippen LogP contribution in [0.4, 0.5) is 5.69 Å². The van der Waals surface area contributed by atoms with E-state index in [0.29, 0.717) is 11.3 Å². The summed E-state index contributed by atoms with van der Waals surface area (Å²) in [5.41, 5.74) is 3.40. The van der Waals surface area contributed by atoms with Gasteiger partial charge in [-0.05, 0) is 42.5 Å². The molecular weight excluding hydrogens is 274 g/mol. The Morgan fingerprint density at radius 3 is 2.41 bits per heavy atom. The molecule has 0 aliphatic heterocycles. The highest BCUT2D eigenvalue weighted by Crippen LogP contribution is 2.30. The van der Waals surface area contributed by atoms with Crippen LogP contribution in [0.25, 0.3) is 22.6 Å². The second-order valence-corrected chi connectivity index (χ2v) is 5.14. The van der Waals surface area contributed by atoms with Gasteiger partial charge in [-0.1, -0.05) is 0 Å². The average molecular weight is 289 g/mol. The number of rotatable bonds is 3. The largest absolute Gasteiger partial charge is 0.456 e. The van der Waals surface area contributed by atoms with Gasteiger partial charge in [0.2, 0.25) is 0 Å². The summed E-state index contributed by atoms with van der Waals surface area (Å²) >= 11 is 0. The first-order chi connectivity index (χ1) is 10.7. The van der Waals surface area contributed by atoms with Crippen molar-refractivity contribution in [2.45, 2.75) is 0 Å². The van der Waals surface area contributed by atoms with Gasteiger partial charge in [0.15, 0.2) is 0 Å². The van der Waals surface area contributed by atoms with E-state index in [2.05, 4.69) is 11.1 Å². The standard InChI is InChI=1S/C18H15N3O/c1-21(2)15-5-3-13(4-6-15)17-7-8-18(22-17)16-9-10-20-12-14(16)11-19/h3-10,12H,1-2H3. The Balaban J connectivity index is 1.95. The molecule has 0 amide bonds. The predicted octanol–water partition coefficient (Wildman–Crippen LogP) is 3.95. The fourth-order valence-electron chi connectivity index (χ4n) is 2.26. The minimum absolute atomic E-state index is 0.506. The third-order valence-electron chi connectivity index (χ3n) is 3.48. The molecule has 0 saturated heterocycles. The Bertz CT molecular complexity index is 826. The molecule has 2 heterocycles. The van der Waals surface area contributed by atoms with Crippen molar-refractivity contribution in [1.82, 2.24) is 4.98 Å². The van der Waals surface area contributed by atoms with E-state index in [9.17, 15) is 0 Å². The van der Waals surface area contributed by atoms with Crippen molar-refractivity contribution in [3.63, 3.8) is 0 Å². The second-order valence-electron chi connectivity index (χ2n) is 5.14. The van der Waals surface area contributed by atoms with Gasteiger partial charge in [-0.25, -0.2) is 0 Å². The van der Waals surface area contributed by atoms with Gasteiger partial charge in [-0.15, -0.1) is 0 Å². The maximum absolute atomic E-state index is 9.15. The van der Waals surface area contributed by atoms with E-state index in [1.54, 1.807) is 18.5 Å². The third-order valence-corrected chi connectivity index (χ3v) is 3.48. The fourth-order valence-corrected chi connectivity index (χ4v) is 2.26. The van der Waals surface area contributed by atoms with Crippen molar-refractivity contribution in [1.29, 1.82) is 5.26 Å². The molecule has 4 nitrogen and oxygen atoms in total. The van der Waals surface area contributed by atoms with Crippen LogP contribution in [-0.4, -0.2) is 19.1 Å². The number of hydrogen-bond donors (Lipinski definition) is 0. The lowest BCUT2D eigenvalue weighted by atomic mass is 10.1. The van der Waals surface area contributed by atoms with Crippen molar-refractivity contribution < 1.29 is 4.42 Å².